The Balaban J connectivity index is 1.60. The Morgan fingerprint density at radius 1 is 1.09 bits per heavy atom. The number of thioether (sulfide) groups is 1. The van der Waals surface area contributed by atoms with Gasteiger partial charge < -0.3 is 24.5 Å². The topological polar surface area (TPSA) is 56.3 Å². The number of aliphatic hydroxyl groups is 1. The molecule has 1 fully saturated rings. The molecule has 1 unspecified atom stereocenters. The molecule has 4 aromatic rings. The van der Waals surface area contributed by atoms with Gasteiger partial charge in [0.15, 0.2) is 11.6 Å². The van der Waals surface area contributed by atoms with Crippen molar-refractivity contribution in [2.24, 2.45) is 0 Å². The van der Waals surface area contributed by atoms with Crippen molar-refractivity contribution < 1.29 is 64.0 Å². The van der Waals surface area contributed by atoms with E-state index in [0.717, 1.165) is 66.7 Å². The van der Waals surface area contributed by atoms with E-state index in [2.05, 4.69) is 4.74 Å². The van der Waals surface area contributed by atoms with Crippen LogP contribution in [0.3, 0.4) is 0 Å². The molecule has 2 aliphatic heterocycles. The zero-order valence-corrected chi connectivity index (χ0v) is 28.3. The van der Waals surface area contributed by atoms with Gasteiger partial charge in [0.05, 0.1) is 33.6 Å². The number of anilines is 1. The number of aliphatic hydroxyl groups excluding tert-OH is 1. The average Bonchev–Trinajstić information content (AvgIpc) is 3.27. The van der Waals surface area contributed by atoms with E-state index in [-0.39, 0.29) is 22.3 Å². The van der Waals surface area contributed by atoms with Crippen molar-refractivity contribution in [2.75, 3.05) is 44.6 Å². The monoisotopic (exact) mass is 771 g/mol. The van der Waals surface area contributed by atoms with Crippen LogP contribution in [0.15, 0.2) is 95.9 Å². The predicted octanol–water partition coefficient (Wildman–Crippen LogP) is 8.73. The van der Waals surface area contributed by atoms with Gasteiger partial charge >= 0.3 is 6.18 Å². The third kappa shape index (κ3) is 9.29. The lowest BCUT2D eigenvalue weighted by Gasteiger charge is -2.40. The number of rotatable bonds is 12. The van der Waals surface area contributed by atoms with Crippen molar-refractivity contribution in [3.63, 3.8) is 0 Å². The molecular weight excluding hydrogens is 710 g/mol. The molecule has 280 valence electrons. The highest BCUT2D eigenvalue weighted by Gasteiger charge is 2.33. The maximum absolute atomic E-state index is 15.5. The number of halogens is 5. The Morgan fingerprint density at radius 3 is 2.47 bits per heavy atom. The highest BCUT2D eigenvalue weighted by atomic mass is 32.2. The predicted molar refractivity (Wildman–Crippen MR) is 198 cm³/mol. The molecule has 4 aromatic carbocycles. The second kappa shape index (κ2) is 16.8. The third-order valence-electron chi connectivity index (χ3n) is 7.74. The summed E-state index contributed by atoms with van der Waals surface area (Å²) in [4.78, 5) is 15.2. The number of ether oxygens (including phenoxy) is 1. The van der Waals surface area contributed by atoms with Crippen LogP contribution in [0.4, 0.5) is 27.6 Å². The summed E-state index contributed by atoms with van der Waals surface area (Å²) in [5.74, 6) is -5.34. The molecule has 0 aromatic heterocycles. The van der Waals surface area contributed by atoms with Gasteiger partial charge in [-0.1, -0.05) is 66.2 Å². The van der Waals surface area contributed by atoms with Gasteiger partial charge in [0.1, 0.15) is 12.6 Å². The van der Waals surface area contributed by atoms with E-state index in [1.807, 2.05) is 0 Å². The molecule has 1 N–H and O–H groups in total. The number of alkyl halides is 3. The summed E-state index contributed by atoms with van der Waals surface area (Å²) in [6.07, 6.45) is -15.9. The van der Waals surface area contributed by atoms with Gasteiger partial charge in [0, 0.05) is 72.6 Å². The van der Waals surface area contributed by atoms with E-state index >= 15 is 9.18 Å². The Kier molecular flexibility index (Phi) is 6.50. The normalized spacial score (nSPS) is 27.6. The van der Waals surface area contributed by atoms with E-state index in [1.54, 1.807) is 0 Å². The highest BCUT2D eigenvalue weighted by molar-refractivity contribution is 8.02. The minimum atomic E-state index is -4.73. The van der Waals surface area contributed by atoms with Crippen LogP contribution in [0.1, 0.15) is 74.1 Å². The van der Waals surface area contributed by atoms with E-state index in [9.17, 15) is 32.3 Å². The molecule has 1 atom stereocenters. The maximum atomic E-state index is 15.5. The molecule has 0 spiro atoms. The number of amides is 1. The minimum Gasteiger partial charge on any atom is -0.384 e. The third-order valence-corrected chi connectivity index (χ3v) is 8.81. The Labute approximate surface area is 339 Å². The fourth-order valence-corrected chi connectivity index (χ4v) is 6.15. The first-order valence-electron chi connectivity index (χ1n) is 25.5. The van der Waals surface area contributed by atoms with Crippen LogP contribution in [-0.4, -0.2) is 66.5 Å². The number of nitrogens with zero attached hydrogens (tertiary/aromatic N) is 3. The number of likely N-dealkylation sites (tertiary alicyclic amines) is 1. The molecule has 1 saturated heterocycles. The Bertz CT molecular complexity index is 2810. The molecule has 0 saturated carbocycles. The fourth-order valence-electron chi connectivity index (χ4n) is 5.12. The summed E-state index contributed by atoms with van der Waals surface area (Å²) < 4.78 is 250. The number of hydrogen-bond acceptors (Lipinski definition) is 6. The lowest BCUT2D eigenvalue weighted by molar-refractivity contribution is -0.137. The van der Waals surface area contributed by atoms with Crippen LogP contribution in [0.2, 0.25) is 0 Å². The van der Waals surface area contributed by atoms with Crippen LogP contribution in [0.5, 0.6) is 0 Å². The van der Waals surface area contributed by atoms with E-state index in [1.165, 1.54) is 6.92 Å². The summed E-state index contributed by atoms with van der Waals surface area (Å²) in [7, 11) is -3.60. The van der Waals surface area contributed by atoms with E-state index in [0.29, 0.717) is 16.7 Å². The van der Waals surface area contributed by atoms with Crippen molar-refractivity contribution >= 4 is 23.4 Å². The molecule has 0 bridgehead atoms. The van der Waals surface area contributed by atoms with Crippen LogP contribution >= 0.6 is 11.8 Å². The number of hydrogen-bond donors (Lipinski definition) is 1. The average molecular weight is 772 g/mol. The Hall–Kier alpha value is -4.23. The van der Waals surface area contributed by atoms with Crippen molar-refractivity contribution in [1.82, 2.24) is 9.80 Å². The lowest BCUT2D eigenvalue weighted by atomic mass is 9.99. The number of carbonyl (C=O) groups excluding carboxylic acids is 1. The molecule has 2 heterocycles. The summed E-state index contributed by atoms with van der Waals surface area (Å²) >= 11 is 0.393. The number of piperidine rings is 1. The maximum Gasteiger partial charge on any atom is 0.416 e. The molecule has 0 aliphatic carbocycles. The fraction of sp³-hybridized carbons (Fsp3) is 0.341. The van der Waals surface area contributed by atoms with Crippen LogP contribution in [0, 0.1) is 18.6 Å². The second-order valence-corrected chi connectivity index (χ2v) is 12.3. The minimum absolute atomic E-state index is 0.0931. The van der Waals surface area contributed by atoms with Crippen LogP contribution in [-0.2, 0) is 28.0 Å². The zero-order chi connectivity index (χ0) is 55.4. The number of benzene rings is 4. The molecule has 12 heteroatoms. The summed E-state index contributed by atoms with van der Waals surface area (Å²) in [6.45, 7) is -18.4. The van der Waals surface area contributed by atoms with Crippen LogP contribution < -0.4 is 4.90 Å². The van der Waals surface area contributed by atoms with Gasteiger partial charge in [-0.3, -0.25) is 4.79 Å². The molecule has 0 radical (unpaired) electrons. The summed E-state index contributed by atoms with van der Waals surface area (Å²) in [6, 6.07) is 2.78. The van der Waals surface area contributed by atoms with Crippen molar-refractivity contribution in [3.05, 3.63) is 135 Å². The summed E-state index contributed by atoms with van der Waals surface area (Å²) in [5, 5.41) is 10.9. The van der Waals surface area contributed by atoms with Crippen molar-refractivity contribution in [2.45, 2.75) is 50.2 Å². The first kappa shape index (κ1) is 20.5. The summed E-state index contributed by atoms with van der Waals surface area (Å²) in [5.41, 5.74) is -3.55. The first-order chi connectivity index (χ1) is 33.1. The van der Waals surface area contributed by atoms with Gasteiger partial charge in [-0.05, 0) is 66.7 Å². The second-order valence-electron chi connectivity index (χ2n) is 11.4. The van der Waals surface area contributed by atoms with Crippen LogP contribution in [0.25, 0.3) is 11.1 Å². The van der Waals surface area contributed by atoms with Gasteiger partial charge in [-0.2, -0.15) is 13.2 Å². The van der Waals surface area contributed by atoms with Gasteiger partial charge in [0.25, 0.3) is 0 Å². The SMILES string of the molecule is [2H]C1=C(SCc2cccc(F)c2F)N(CC(=O)N(C([2H])([2H])c2ccc(-c3ccc(C(F)(F)F)cc3)cc2)C2([2H])C([2H])([2H])C([2H])([2H])N(CC([2H])([2H])OC([2H])([2H])[2H])C([2H])([2H])C2([2H])[2H])c2c([2H])c([2H])c(C)c([2H])c2C1O. The van der Waals surface area contributed by atoms with Crippen molar-refractivity contribution in [1.29, 1.82) is 0 Å². The standard InChI is InChI=1S/C41H42F5N3O3S/c1-27-6-15-36-34(22-27)37(50)23-39(53-26-31-4-3-5-35(42)40(31)43)49(36)25-38(51)48(33-16-18-47(19-17-33)20-21-52-2)24-28-7-9-29(10-8-28)30-11-13-32(14-12-30)41(44,45)46/h3-15,22-23,33,37,50H,16-21,24-26H2,1-2H3/i2D3,6D,15D,16D2,17D2,18D2,19D2,21D2,22D,23D,24D2,33D. The molecule has 2 aliphatic rings. The van der Waals surface area contributed by atoms with Gasteiger partial charge in [0.2, 0.25) is 5.91 Å². The smallest absolute Gasteiger partial charge is 0.384 e. The zero-order valence-electron chi connectivity index (χ0n) is 47.5. The molecule has 6 nitrogen and oxygen atoms in total. The number of carbonyl (C=O) groups is 1. The van der Waals surface area contributed by atoms with Gasteiger partial charge in [-0.25, -0.2) is 8.78 Å². The van der Waals surface area contributed by atoms with E-state index in [4.69, 9.17) is 17.8 Å². The number of fused-ring (bicyclic) bond motifs is 1. The lowest BCUT2D eigenvalue weighted by Crippen LogP contribution is -2.50. The van der Waals surface area contributed by atoms with Gasteiger partial charge in [-0.15, -0.1) is 11.8 Å². The molecule has 53 heavy (non-hydrogen) atoms. The molecule has 6 rings (SSSR count). The Morgan fingerprint density at radius 2 is 1.79 bits per heavy atom. The quantitative estimate of drug-likeness (QED) is 0.146. The first-order valence-corrected chi connectivity index (χ1v) is 16.5. The highest BCUT2D eigenvalue weighted by Crippen LogP contribution is 2.41. The largest absolute Gasteiger partial charge is 0.416 e. The molecule has 1 amide bonds. The van der Waals surface area contributed by atoms with E-state index < -0.39 is 162 Å². The van der Waals surface area contributed by atoms with Crippen molar-refractivity contribution in [3.8, 4) is 11.1 Å². The number of methoxy groups -OCH3 is 1. The molecular formula is C41H42F5N3O3S.